The number of rotatable bonds is 5. The summed E-state index contributed by atoms with van der Waals surface area (Å²) in [5.41, 5.74) is 3.85. The molecule has 0 bridgehead atoms. The lowest BCUT2D eigenvalue weighted by atomic mass is 10.1. The van der Waals surface area contributed by atoms with Crippen LogP contribution in [0.25, 0.3) is 21.9 Å². The van der Waals surface area contributed by atoms with Gasteiger partial charge in [-0.3, -0.25) is 0 Å². The van der Waals surface area contributed by atoms with E-state index in [4.69, 9.17) is 9.47 Å². The topological polar surface area (TPSA) is 92.0 Å². The van der Waals surface area contributed by atoms with Crippen LogP contribution in [0.3, 0.4) is 0 Å². The SMILES string of the molecule is COC(=O)c1ccc2[nH]cc(Nc3nc4cc(Oc5ccccc5)ccc4[nH]3)c2c1. The first-order valence-corrected chi connectivity index (χ1v) is 9.39. The van der Waals surface area contributed by atoms with E-state index in [1.54, 1.807) is 12.1 Å². The minimum Gasteiger partial charge on any atom is -0.465 e. The number of ether oxygens (including phenoxy) is 2. The highest BCUT2D eigenvalue weighted by atomic mass is 16.5. The summed E-state index contributed by atoms with van der Waals surface area (Å²) in [6, 6.07) is 20.7. The second kappa shape index (κ2) is 7.29. The third kappa shape index (κ3) is 3.33. The van der Waals surface area contributed by atoms with E-state index in [0.717, 1.165) is 33.4 Å². The van der Waals surface area contributed by atoms with Crippen LogP contribution in [0.4, 0.5) is 11.6 Å². The molecule has 0 aliphatic carbocycles. The summed E-state index contributed by atoms with van der Waals surface area (Å²) in [7, 11) is 1.37. The summed E-state index contributed by atoms with van der Waals surface area (Å²) < 4.78 is 10.7. The number of esters is 1. The Morgan fingerprint density at radius 3 is 2.63 bits per heavy atom. The van der Waals surface area contributed by atoms with Crippen LogP contribution in [0.2, 0.25) is 0 Å². The number of imidazole rings is 1. The lowest BCUT2D eigenvalue weighted by Gasteiger charge is -2.04. The number of carbonyl (C=O) groups excluding carboxylic acids is 1. The maximum Gasteiger partial charge on any atom is 0.337 e. The molecule has 2 aromatic heterocycles. The van der Waals surface area contributed by atoms with E-state index in [1.807, 2.05) is 60.8 Å². The van der Waals surface area contributed by atoms with Crippen molar-refractivity contribution in [1.29, 1.82) is 0 Å². The molecule has 7 heteroatoms. The van der Waals surface area contributed by atoms with Gasteiger partial charge in [0.05, 0.1) is 29.4 Å². The zero-order valence-electron chi connectivity index (χ0n) is 16.1. The van der Waals surface area contributed by atoms with E-state index >= 15 is 0 Å². The van der Waals surface area contributed by atoms with Crippen molar-refractivity contribution in [3.05, 3.63) is 78.5 Å². The Balaban J connectivity index is 1.43. The Hall–Kier alpha value is -4.26. The zero-order chi connectivity index (χ0) is 20.5. The van der Waals surface area contributed by atoms with Crippen LogP contribution in [0.15, 0.2) is 72.9 Å². The van der Waals surface area contributed by atoms with E-state index in [-0.39, 0.29) is 5.97 Å². The predicted octanol–water partition coefficient (Wildman–Crippen LogP) is 5.37. The Morgan fingerprint density at radius 1 is 0.967 bits per heavy atom. The van der Waals surface area contributed by atoms with E-state index in [1.165, 1.54) is 7.11 Å². The fourth-order valence-electron chi connectivity index (χ4n) is 3.33. The fourth-order valence-corrected chi connectivity index (χ4v) is 3.33. The van der Waals surface area contributed by atoms with E-state index in [0.29, 0.717) is 17.3 Å². The van der Waals surface area contributed by atoms with E-state index in [2.05, 4.69) is 20.3 Å². The second-order valence-electron chi connectivity index (χ2n) is 6.76. The first kappa shape index (κ1) is 17.8. The Kier molecular flexibility index (Phi) is 4.33. The molecular weight excluding hydrogens is 380 g/mol. The molecule has 0 saturated heterocycles. The van der Waals surface area contributed by atoms with E-state index < -0.39 is 0 Å². The molecule has 0 saturated carbocycles. The lowest BCUT2D eigenvalue weighted by molar-refractivity contribution is 0.0601. The number of hydrogen-bond donors (Lipinski definition) is 3. The Bertz CT molecular complexity index is 1360. The van der Waals surface area contributed by atoms with Gasteiger partial charge in [-0.15, -0.1) is 0 Å². The fraction of sp³-hybridized carbons (Fsp3) is 0.0435. The van der Waals surface area contributed by atoms with Gasteiger partial charge in [-0.2, -0.15) is 0 Å². The standard InChI is InChI=1S/C23H18N4O3/c1-29-22(28)14-7-9-18-17(11-14)21(13-24-18)27-23-25-19-10-8-16(12-20(19)26-23)30-15-5-3-2-4-6-15/h2-13,24H,1H3,(H2,25,26,27). The molecule has 0 fully saturated rings. The number of methoxy groups -OCH3 is 1. The predicted molar refractivity (Wildman–Crippen MR) is 116 cm³/mol. The number of benzene rings is 3. The first-order chi connectivity index (χ1) is 14.7. The molecule has 0 radical (unpaired) electrons. The van der Waals surface area contributed by atoms with Crippen LogP contribution < -0.4 is 10.1 Å². The highest BCUT2D eigenvalue weighted by Crippen LogP contribution is 2.29. The molecule has 0 atom stereocenters. The number of fused-ring (bicyclic) bond motifs is 2. The van der Waals surface area contributed by atoms with Gasteiger partial charge in [0, 0.05) is 23.2 Å². The normalized spacial score (nSPS) is 11.0. The van der Waals surface area contributed by atoms with Gasteiger partial charge < -0.3 is 24.8 Å². The highest BCUT2D eigenvalue weighted by molar-refractivity contribution is 6.00. The molecule has 5 aromatic rings. The van der Waals surface area contributed by atoms with Gasteiger partial charge in [0.2, 0.25) is 5.95 Å². The number of anilines is 2. The van der Waals surface area contributed by atoms with Crippen LogP contribution in [-0.4, -0.2) is 28.0 Å². The molecule has 148 valence electrons. The van der Waals surface area contributed by atoms with Crippen LogP contribution in [-0.2, 0) is 4.74 Å². The molecule has 3 N–H and O–H groups in total. The van der Waals surface area contributed by atoms with Gasteiger partial charge in [0.25, 0.3) is 0 Å². The van der Waals surface area contributed by atoms with Crippen molar-refractivity contribution in [3.63, 3.8) is 0 Å². The monoisotopic (exact) mass is 398 g/mol. The minimum absolute atomic E-state index is 0.376. The van der Waals surface area contributed by atoms with Gasteiger partial charge in [-0.25, -0.2) is 9.78 Å². The minimum atomic E-state index is -0.376. The largest absolute Gasteiger partial charge is 0.465 e. The Labute approximate surface area is 171 Å². The molecule has 5 rings (SSSR count). The first-order valence-electron chi connectivity index (χ1n) is 9.39. The van der Waals surface area contributed by atoms with Crippen LogP contribution in [0, 0.1) is 0 Å². The molecule has 2 heterocycles. The van der Waals surface area contributed by atoms with Gasteiger partial charge >= 0.3 is 5.97 Å². The molecule has 7 nitrogen and oxygen atoms in total. The van der Waals surface area contributed by atoms with Crippen molar-refractivity contribution in [2.45, 2.75) is 0 Å². The molecule has 0 amide bonds. The summed E-state index contributed by atoms with van der Waals surface area (Å²) in [5.74, 6) is 1.69. The van der Waals surface area contributed by atoms with Crippen molar-refractivity contribution >= 4 is 39.5 Å². The molecule has 0 unspecified atom stereocenters. The maximum absolute atomic E-state index is 11.8. The number of nitrogens with one attached hydrogen (secondary N) is 3. The van der Waals surface area contributed by atoms with Gasteiger partial charge in [0.1, 0.15) is 11.5 Å². The number of H-pyrrole nitrogens is 2. The Morgan fingerprint density at radius 2 is 1.80 bits per heavy atom. The summed E-state index contributed by atoms with van der Waals surface area (Å²) >= 11 is 0. The van der Waals surface area contributed by atoms with Gasteiger partial charge in [-0.05, 0) is 42.5 Å². The molecule has 30 heavy (non-hydrogen) atoms. The summed E-state index contributed by atoms with van der Waals surface area (Å²) in [6.45, 7) is 0. The number of hydrogen-bond acceptors (Lipinski definition) is 5. The van der Waals surface area contributed by atoms with Crippen LogP contribution in [0.5, 0.6) is 11.5 Å². The molecule has 0 spiro atoms. The molecule has 3 aromatic carbocycles. The van der Waals surface area contributed by atoms with Crippen molar-refractivity contribution < 1.29 is 14.3 Å². The van der Waals surface area contributed by atoms with E-state index in [9.17, 15) is 4.79 Å². The summed E-state index contributed by atoms with van der Waals surface area (Å²) in [6.07, 6.45) is 1.84. The average molecular weight is 398 g/mol. The van der Waals surface area contributed by atoms with Crippen LogP contribution >= 0.6 is 0 Å². The third-order valence-corrected chi connectivity index (χ3v) is 4.79. The van der Waals surface area contributed by atoms with Gasteiger partial charge in [0.15, 0.2) is 0 Å². The van der Waals surface area contributed by atoms with Crippen molar-refractivity contribution in [1.82, 2.24) is 15.0 Å². The van der Waals surface area contributed by atoms with Gasteiger partial charge in [-0.1, -0.05) is 18.2 Å². The molecule has 0 aliphatic rings. The van der Waals surface area contributed by atoms with Crippen molar-refractivity contribution in [2.24, 2.45) is 0 Å². The number of aromatic nitrogens is 3. The number of carbonyl (C=O) groups is 1. The number of para-hydroxylation sites is 1. The number of aromatic amines is 2. The molecular formula is C23H18N4O3. The zero-order valence-corrected chi connectivity index (χ0v) is 16.1. The highest BCUT2D eigenvalue weighted by Gasteiger charge is 2.12. The van der Waals surface area contributed by atoms with Crippen LogP contribution in [0.1, 0.15) is 10.4 Å². The van der Waals surface area contributed by atoms with Crippen molar-refractivity contribution in [2.75, 3.05) is 12.4 Å². The third-order valence-electron chi connectivity index (χ3n) is 4.79. The average Bonchev–Trinajstić information content (AvgIpc) is 3.37. The summed E-state index contributed by atoms with van der Waals surface area (Å²) in [5, 5.41) is 4.15. The molecule has 0 aliphatic heterocycles. The second-order valence-corrected chi connectivity index (χ2v) is 6.76. The quantitative estimate of drug-likeness (QED) is 0.346. The maximum atomic E-state index is 11.8. The number of nitrogens with zero attached hydrogens (tertiary/aromatic N) is 1. The van der Waals surface area contributed by atoms with Crippen molar-refractivity contribution in [3.8, 4) is 11.5 Å². The lowest BCUT2D eigenvalue weighted by Crippen LogP contribution is -2.00. The smallest absolute Gasteiger partial charge is 0.337 e. The summed E-state index contributed by atoms with van der Waals surface area (Å²) in [4.78, 5) is 22.9.